The van der Waals surface area contributed by atoms with Crippen LogP contribution in [-0.2, 0) is 52.4 Å². The van der Waals surface area contributed by atoms with Gasteiger partial charge in [0.05, 0.1) is 0 Å². The Balaban J connectivity index is -0.000000245. The molecule has 0 radical (unpaired) electrons. The normalized spacial score (nSPS) is 9.60. The van der Waals surface area contributed by atoms with Gasteiger partial charge in [-0.2, -0.15) is 13.2 Å². The molecule has 0 amide bonds. The van der Waals surface area contributed by atoms with E-state index >= 15 is 0 Å². The van der Waals surface area contributed by atoms with Gasteiger partial charge in [-0.05, 0) is 6.42 Å². The summed E-state index contributed by atoms with van der Waals surface area (Å²) in [6.07, 6.45) is -3.72. The van der Waals surface area contributed by atoms with Gasteiger partial charge in [-0.3, -0.25) is 0 Å². The van der Waals surface area contributed by atoms with Crippen molar-refractivity contribution in [2.75, 3.05) is 0 Å². The summed E-state index contributed by atoms with van der Waals surface area (Å²) in [4.78, 5) is 0. The van der Waals surface area contributed by atoms with Crippen LogP contribution in [0.25, 0.3) is 0 Å². The molecule has 0 fully saturated rings. The SMILES string of the molecule is CCCCC(F)(F)F.[Zr].[Zr]. The van der Waals surface area contributed by atoms with Crippen molar-refractivity contribution in [2.24, 2.45) is 0 Å². The predicted octanol–water partition coefficient (Wildman–Crippen LogP) is 2.73. The standard InChI is InChI=1S/C5H9F3.2Zr/c1-2-3-4-5(6,7)8;;/h2-4H2,1H3;;. The van der Waals surface area contributed by atoms with E-state index < -0.39 is 12.6 Å². The van der Waals surface area contributed by atoms with Crippen molar-refractivity contribution >= 4 is 0 Å². The van der Waals surface area contributed by atoms with E-state index in [4.69, 9.17) is 0 Å². The largest absolute Gasteiger partial charge is 0.389 e. The molecule has 0 nitrogen and oxygen atoms in total. The molecule has 10 heavy (non-hydrogen) atoms. The zero-order chi connectivity index (χ0) is 6.62. The minimum atomic E-state index is -3.95. The first-order valence-corrected chi connectivity index (χ1v) is 2.63. The zero-order valence-electron chi connectivity index (χ0n) is 5.76. The van der Waals surface area contributed by atoms with E-state index in [-0.39, 0.29) is 58.8 Å². The Morgan fingerprint density at radius 3 is 1.60 bits per heavy atom. The third kappa shape index (κ3) is 16.3. The monoisotopic (exact) mass is 306 g/mol. The average Bonchev–Trinajstić information content (AvgIpc) is 1.59. The second-order valence-corrected chi connectivity index (χ2v) is 1.72. The first kappa shape index (κ1) is 17.6. The number of halogens is 3. The van der Waals surface area contributed by atoms with Gasteiger partial charge in [0.25, 0.3) is 0 Å². The molecule has 0 bridgehead atoms. The first-order valence-electron chi connectivity index (χ1n) is 2.63. The molecule has 0 rings (SSSR count). The number of alkyl halides is 3. The van der Waals surface area contributed by atoms with Crippen molar-refractivity contribution in [3.63, 3.8) is 0 Å². The maximum atomic E-state index is 11.2. The van der Waals surface area contributed by atoms with E-state index in [1.807, 2.05) is 0 Å². The summed E-state index contributed by atoms with van der Waals surface area (Å²) in [7, 11) is 0. The van der Waals surface area contributed by atoms with Gasteiger partial charge in [0.1, 0.15) is 0 Å². The van der Waals surface area contributed by atoms with E-state index in [9.17, 15) is 13.2 Å². The van der Waals surface area contributed by atoms with Gasteiger partial charge in [-0.25, -0.2) is 0 Å². The summed E-state index contributed by atoms with van der Waals surface area (Å²) in [6.45, 7) is 1.74. The minimum Gasteiger partial charge on any atom is -0.171 e. The van der Waals surface area contributed by atoms with Crippen molar-refractivity contribution in [1.82, 2.24) is 0 Å². The average molecular weight is 309 g/mol. The topological polar surface area (TPSA) is 0 Å². The molecular formula is C5H9F3Zr2. The van der Waals surface area contributed by atoms with Crippen molar-refractivity contribution in [3.8, 4) is 0 Å². The van der Waals surface area contributed by atoms with Gasteiger partial charge in [-0.15, -0.1) is 0 Å². The van der Waals surface area contributed by atoms with Crippen LogP contribution in [0.1, 0.15) is 26.2 Å². The second-order valence-electron chi connectivity index (χ2n) is 1.72. The van der Waals surface area contributed by atoms with Crippen molar-refractivity contribution in [3.05, 3.63) is 0 Å². The molecule has 0 heterocycles. The summed E-state index contributed by atoms with van der Waals surface area (Å²) in [5.74, 6) is 0. The van der Waals surface area contributed by atoms with Crippen LogP contribution in [0.4, 0.5) is 13.2 Å². The summed E-state index contributed by atoms with van der Waals surface area (Å²) < 4.78 is 33.7. The quantitative estimate of drug-likeness (QED) is 0.736. The van der Waals surface area contributed by atoms with E-state index in [2.05, 4.69) is 0 Å². The molecule has 5 heteroatoms. The smallest absolute Gasteiger partial charge is 0.171 e. The Kier molecular flexibility index (Phi) is 15.2. The van der Waals surface area contributed by atoms with Crippen LogP contribution in [0.15, 0.2) is 0 Å². The number of hydrogen-bond acceptors (Lipinski definition) is 0. The van der Waals surface area contributed by atoms with Gasteiger partial charge < -0.3 is 0 Å². The summed E-state index contributed by atoms with van der Waals surface area (Å²) in [5, 5.41) is 0. The van der Waals surface area contributed by atoms with Gasteiger partial charge >= 0.3 is 6.18 Å². The summed E-state index contributed by atoms with van der Waals surface area (Å²) in [6, 6.07) is 0. The third-order valence-corrected chi connectivity index (χ3v) is 0.814. The molecule has 0 aromatic rings. The Bertz CT molecular complexity index is 62.4. The summed E-state index contributed by atoms with van der Waals surface area (Å²) >= 11 is 0. The fraction of sp³-hybridized carbons (Fsp3) is 1.00. The number of unbranched alkanes of at least 4 members (excludes halogenated alkanes) is 1. The van der Waals surface area contributed by atoms with Crippen LogP contribution in [0.2, 0.25) is 0 Å². The molecular weight excluding hydrogens is 299 g/mol. The molecule has 0 aromatic heterocycles. The fourth-order valence-electron chi connectivity index (χ4n) is 0.377. The van der Waals surface area contributed by atoms with Crippen molar-refractivity contribution < 1.29 is 65.6 Å². The molecule has 0 saturated heterocycles. The molecule has 0 spiro atoms. The van der Waals surface area contributed by atoms with Gasteiger partial charge in [0.2, 0.25) is 0 Å². The van der Waals surface area contributed by atoms with E-state index in [1.165, 1.54) is 0 Å². The fourth-order valence-corrected chi connectivity index (χ4v) is 0.377. The van der Waals surface area contributed by atoms with Crippen LogP contribution in [-0.4, -0.2) is 6.18 Å². The van der Waals surface area contributed by atoms with E-state index in [1.54, 1.807) is 6.92 Å². The molecule has 0 aliphatic carbocycles. The Hall–Kier alpha value is 1.56. The van der Waals surface area contributed by atoms with Crippen LogP contribution in [0, 0.1) is 0 Å². The van der Waals surface area contributed by atoms with Crippen molar-refractivity contribution in [1.29, 1.82) is 0 Å². The van der Waals surface area contributed by atoms with Crippen LogP contribution >= 0.6 is 0 Å². The second kappa shape index (κ2) is 8.65. The number of hydrogen-bond donors (Lipinski definition) is 0. The van der Waals surface area contributed by atoms with Crippen molar-refractivity contribution in [2.45, 2.75) is 32.4 Å². The van der Waals surface area contributed by atoms with Gasteiger partial charge in [0, 0.05) is 58.8 Å². The maximum Gasteiger partial charge on any atom is 0.389 e. The molecule has 0 aliphatic heterocycles. The Morgan fingerprint density at radius 2 is 1.50 bits per heavy atom. The Morgan fingerprint density at radius 1 is 1.10 bits per heavy atom. The molecule has 0 N–H and O–H groups in total. The zero-order valence-corrected chi connectivity index (χ0v) is 10.7. The van der Waals surface area contributed by atoms with Gasteiger partial charge in [-0.1, -0.05) is 13.3 Å². The van der Waals surface area contributed by atoms with Crippen LogP contribution in [0.3, 0.4) is 0 Å². The van der Waals surface area contributed by atoms with Gasteiger partial charge in [0.15, 0.2) is 0 Å². The van der Waals surface area contributed by atoms with Crippen LogP contribution < -0.4 is 0 Å². The molecule has 58 valence electrons. The molecule has 0 aliphatic rings. The van der Waals surface area contributed by atoms with E-state index in [0.717, 1.165) is 0 Å². The molecule has 0 unspecified atom stereocenters. The minimum absolute atomic E-state index is 0. The number of rotatable bonds is 2. The maximum absolute atomic E-state index is 11.2. The molecule has 0 saturated carbocycles. The van der Waals surface area contributed by atoms with Crippen LogP contribution in [0.5, 0.6) is 0 Å². The first-order chi connectivity index (χ1) is 3.56. The molecule has 0 atom stereocenters. The predicted molar refractivity (Wildman–Crippen MR) is 25.6 cm³/mol. The summed E-state index contributed by atoms with van der Waals surface area (Å²) in [5.41, 5.74) is 0. The Labute approximate surface area is 97.2 Å². The van der Waals surface area contributed by atoms with E-state index in [0.29, 0.717) is 6.42 Å². The third-order valence-electron chi connectivity index (χ3n) is 0.814. The molecule has 0 aromatic carbocycles.